The first-order chi connectivity index (χ1) is 2.64. The Morgan fingerprint density at radius 2 is 1.86 bits per heavy atom. The number of carboxylic acids is 1. The van der Waals surface area contributed by atoms with Gasteiger partial charge in [-0.05, 0) is 6.92 Å². The van der Waals surface area contributed by atoms with Gasteiger partial charge in [-0.15, -0.1) is 0 Å². The van der Waals surface area contributed by atoms with E-state index in [4.69, 9.17) is 10.2 Å². The molecule has 0 bridgehead atoms. The van der Waals surface area contributed by atoms with Crippen LogP contribution < -0.4 is 0 Å². The van der Waals surface area contributed by atoms with Crippen LogP contribution in [0.2, 0.25) is 0 Å². The normalized spacial score (nSPS) is 11.7. The summed E-state index contributed by atoms with van der Waals surface area (Å²) in [7, 11) is 0. The summed E-state index contributed by atoms with van der Waals surface area (Å²) in [4.78, 5) is 9.45. The van der Waals surface area contributed by atoms with Crippen LogP contribution in [0.15, 0.2) is 0 Å². The van der Waals surface area contributed by atoms with Crippen molar-refractivity contribution in [1.82, 2.24) is 0 Å². The van der Waals surface area contributed by atoms with Crippen molar-refractivity contribution >= 4 is 74.9 Å². The number of hydrogen-bond donors (Lipinski definition) is 2. The quantitative estimate of drug-likeness (QED) is 0.588. The zero-order valence-electron chi connectivity index (χ0n) is 3.38. The summed E-state index contributed by atoms with van der Waals surface area (Å²) in [5, 5.41) is 15.8. The van der Waals surface area contributed by atoms with Gasteiger partial charge in [0.15, 0.2) is 0 Å². The molecule has 0 aliphatic heterocycles. The van der Waals surface area contributed by atoms with Crippen molar-refractivity contribution in [2.45, 2.75) is 13.0 Å². The van der Waals surface area contributed by atoms with Crippen LogP contribution in [0.3, 0.4) is 0 Å². The van der Waals surface area contributed by atoms with Crippen molar-refractivity contribution in [1.29, 1.82) is 0 Å². The van der Waals surface area contributed by atoms with E-state index in [1.807, 2.05) is 0 Å². The van der Waals surface area contributed by atoms with Gasteiger partial charge in [0.2, 0.25) is 0 Å². The van der Waals surface area contributed by atoms with Crippen molar-refractivity contribution in [2.24, 2.45) is 0 Å². The average molecular weight is 224 g/mol. The van der Waals surface area contributed by atoms with Gasteiger partial charge in [0, 0.05) is 0 Å². The summed E-state index contributed by atoms with van der Waals surface area (Å²) >= 11 is 0. The molecule has 0 aliphatic rings. The Balaban J connectivity index is 0. The Morgan fingerprint density at radius 3 is 1.86 bits per heavy atom. The molecule has 0 heterocycles. The molecule has 0 amide bonds. The number of aliphatic hydroxyl groups is 1. The molecule has 0 aliphatic carbocycles. The van der Waals surface area contributed by atoms with E-state index in [1.54, 1.807) is 0 Å². The Hall–Kier alpha value is 1.48. The maximum atomic E-state index is 9.45. The molecule has 0 aromatic rings. The second-order valence-corrected chi connectivity index (χ2v) is 1.01. The van der Waals surface area contributed by atoms with Gasteiger partial charge in [-0.25, -0.2) is 4.79 Å². The second-order valence-electron chi connectivity index (χ2n) is 1.01. The van der Waals surface area contributed by atoms with E-state index in [0.717, 1.165) is 0 Å². The molecule has 0 aromatic heterocycles. The summed E-state index contributed by atoms with van der Waals surface area (Å²) in [6, 6.07) is 0. The molecule has 38 valence electrons. The predicted molar refractivity (Wildman–Crippen MR) is 26.5 cm³/mol. The third-order valence-electron chi connectivity index (χ3n) is 0.357. The molecule has 3 nitrogen and oxygen atoms in total. The van der Waals surface area contributed by atoms with Gasteiger partial charge in [0.1, 0.15) is 6.10 Å². The fourth-order valence-corrected chi connectivity index (χ4v) is 0. The van der Waals surface area contributed by atoms with E-state index in [1.165, 1.54) is 6.92 Å². The number of hydrogen-bond acceptors (Lipinski definition) is 2. The van der Waals surface area contributed by atoms with Crippen molar-refractivity contribution < 1.29 is 15.0 Å². The Bertz CT molecular complexity index is 61.2. The summed E-state index contributed by atoms with van der Waals surface area (Å²) in [5.74, 6) is -1.19. The number of carbonyl (C=O) groups is 1. The van der Waals surface area contributed by atoms with Crippen molar-refractivity contribution in [3.05, 3.63) is 0 Å². The molecule has 0 radical (unpaired) electrons. The molecule has 7 heavy (non-hydrogen) atoms. The fourth-order valence-electron chi connectivity index (χ4n) is 0. The van der Waals surface area contributed by atoms with Gasteiger partial charge >= 0.3 is 74.9 Å². The van der Waals surface area contributed by atoms with Crippen LogP contribution in [0.1, 0.15) is 6.92 Å². The SMILES string of the molecule is CC(O)C(=O)O.[CsH]. The molecule has 1 unspecified atom stereocenters. The Morgan fingerprint density at radius 1 is 1.71 bits per heavy atom. The topological polar surface area (TPSA) is 57.5 Å². The van der Waals surface area contributed by atoms with Crippen LogP contribution in [0, 0.1) is 0 Å². The summed E-state index contributed by atoms with van der Waals surface area (Å²) < 4.78 is 0. The van der Waals surface area contributed by atoms with E-state index in [-0.39, 0.29) is 68.9 Å². The van der Waals surface area contributed by atoms with E-state index in [2.05, 4.69) is 0 Å². The van der Waals surface area contributed by atoms with E-state index >= 15 is 0 Å². The van der Waals surface area contributed by atoms with Gasteiger partial charge in [-0.2, -0.15) is 0 Å². The summed E-state index contributed by atoms with van der Waals surface area (Å²) in [6.07, 6.45) is -1.23. The summed E-state index contributed by atoms with van der Waals surface area (Å²) in [6.45, 7) is 1.20. The van der Waals surface area contributed by atoms with Crippen LogP contribution in [0.4, 0.5) is 0 Å². The van der Waals surface area contributed by atoms with Crippen molar-refractivity contribution in [3.8, 4) is 0 Å². The molecule has 4 heteroatoms. The molecule has 0 saturated heterocycles. The molecule has 2 N–H and O–H groups in total. The average Bonchev–Trinajstić information content (AvgIpc) is 1.36. The molecular weight excluding hydrogens is 217 g/mol. The number of aliphatic hydroxyl groups excluding tert-OH is 1. The monoisotopic (exact) mass is 224 g/mol. The zero-order chi connectivity index (χ0) is 5.15. The van der Waals surface area contributed by atoms with Crippen molar-refractivity contribution in [3.63, 3.8) is 0 Å². The van der Waals surface area contributed by atoms with Crippen LogP contribution in [0.25, 0.3) is 0 Å². The third kappa shape index (κ3) is 7.48. The molecule has 0 rings (SSSR count). The van der Waals surface area contributed by atoms with Crippen LogP contribution in [-0.4, -0.2) is 91.2 Å². The van der Waals surface area contributed by atoms with Gasteiger partial charge in [-0.3, -0.25) is 0 Å². The standard InChI is InChI=1S/C3H6O3.Cs.H/c1-2(4)3(5)6;;/h2,4H,1H3,(H,5,6);;. The molecule has 0 fully saturated rings. The van der Waals surface area contributed by atoms with Crippen LogP contribution in [-0.2, 0) is 4.79 Å². The van der Waals surface area contributed by atoms with Gasteiger partial charge in [0.25, 0.3) is 0 Å². The second kappa shape index (κ2) is 5.62. The third-order valence-corrected chi connectivity index (χ3v) is 0.357. The van der Waals surface area contributed by atoms with Crippen LogP contribution >= 0.6 is 0 Å². The predicted octanol–water partition coefficient (Wildman–Crippen LogP) is -1.20. The molecule has 1 atom stereocenters. The molecule has 0 saturated carbocycles. The number of carboxylic acid groups (broad SMARTS) is 1. The number of aliphatic carboxylic acids is 1. The Kier molecular flexibility index (Phi) is 9.07. The fraction of sp³-hybridized carbons (Fsp3) is 0.667. The van der Waals surface area contributed by atoms with Crippen LogP contribution in [0.5, 0.6) is 0 Å². The molecule has 0 spiro atoms. The minimum atomic E-state index is -1.23. The zero-order valence-corrected chi connectivity index (χ0v) is 3.38. The first kappa shape index (κ1) is 11.3. The van der Waals surface area contributed by atoms with Gasteiger partial charge < -0.3 is 10.2 Å². The van der Waals surface area contributed by atoms with E-state index in [9.17, 15) is 4.79 Å². The minimum absolute atomic E-state index is 0. The summed E-state index contributed by atoms with van der Waals surface area (Å²) in [5.41, 5.74) is 0. The first-order valence-electron chi connectivity index (χ1n) is 1.55. The van der Waals surface area contributed by atoms with E-state index < -0.39 is 12.1 Å². The van der Waals surface area contributed by atoms with Gasteiger partial charge in [-0.1, -0.05) is 0 Å². The Labute approximate surface area is 101 Å². The van der Waals surface area contributed by atoms with Gasteiger partial charge in [0.05, 0.1) is 0 Å². The number of rotatable bonds is 1. The maximum absolute atomic E-state index is 9.45. The van der Waals surface area contributed by atoms with Crippen molar-refractivity contribution in [2.75, 3.05) is 0 Å². The first-order valence-corrected chi connectivity index (χ1v) is 1.55. The molecular formula is C3H7CsO3. The molecule has 0 aromatic carbocycles. The van der Waals surface area contributed by atoms with E-state index in [0.29, 0.717) is 0 Å².